The van der Waals surface area contributed by atoms with Gasteiger partial charge in [0.1, 0.15) is 11.3 Å². The van der Waals surface area contributed by atoms with E-state index in [4.69, 9.17) is 16.0 Å². The van der Waals surface area contributed by atoms with Crippen LogP contribution < -0.4 is 0 Å². The fourth-order valence-corrected chi connectivity index (χ4v) is 2.70. The van der Waals surface area contributed by atoms with Gasteiger partial charge in [0.15, 0.2) is 5.58 Å². The number of oxazole rings is 1. The maximum absolute atomic E-state index is 15.5. The number of alkyl halides is 4. The maximum Gasteiger partial charge on any atom is 0.419 e. The van der Waals surface area contributed by atoms with Crippen LogP contribution >= 0.6 is 11.6 Å². The van der Waals surface area contributed by atoms with Crippen LogP contribution in [0, 0.1) is 5.82 Å². The third kappa shape index (κ3) is 3.08. The number of hydrogen-bond acceptors (Lipinski definition) is 2. The highest BCUT2D eigenvalue weighted by Crippen LogP contribution is 2.41. The molecular weight excluding hydrogens is 365 g/mol. The average molecular weight is 376 g/mol. The molecule has 3 aromatic rings. The van der Waals surface area contributed by atoms with Gasteiger partial charge in [-0.3, -0.25) is 0 Å². The zero-order chi connectivity index (χ0) is 18.4. The molecule has 0 fully saturated rings. The van der Waals surface area contributed by atoms with Crippen LogP contribution in [0.2, 0.25) is 5.02 Å². The summed E-state index contributed by atoms with van der Waals surface area (Å²) in [4.78, 5) is 4.01. The predicted octanol–water partition coefficient (Wildman–Crippen LogP) is 6.26. The van der Waals surface area contributed by atoms with E-state index in [-0.39, 0.29) is 23.1 Å². The Labute approximate surface area is 144 Å². The second-order valence-corrected chi connectivity index (χ2v) is 5.91. The van der Waals surface area contributed by atoms with Gasteiger partial charge in [-0.1, -0.05) is 24.6 Å². The van der Waals surface area contributed by atoms with E-state index < -0.39 is 29.1 Å². The molecule has 0 radical (unpaired) electrons. The van der Waals surface area contributed by atoms with Gasteiger partial charge in [0.05, 0.1) is 5.56 Å². The summed E-state index contributed by atoms with van der Waals surface area (Å²) in [7, 11) is 0. The Morgan fingerprint density at radius 3 is 2.44 bits per heavy atom. The van der Waals surface area contributed by atoms with Crippen LogP contribution in [0.3, 0.4) is 0 Å². The fourth-order valence-electron chi connectivity index (χ4n) is 2.54. The second-order valence-electron chi connectivity index (χ2n) is 5.48. The van der Waals surface area contributed by atoms with Crippen LogP contribution in [0.1, 0.15) is 30.4 Å². The van der Waals surface area contributed by atoms with E-state index in [0.717, 1.165) is 6.07 Å². The summed E-state index contributed by atoms with van der Waals surface area (Å²) < 4.78 is 73.1. The molecule has 2 nitrogen and oxygen atoms in total. The Kier molecular flexibility index (Phi) is 4.23. The number of halogens is 6. The third-order valence-electron chi connectivity index (χ3n) is 3.91. The first-order valence-electron chi connectivity index (χ1n) is 7.28. The molecule has 3 rings (SSSR count). The molecule has 1 aromatic heterocycles. The van der Waals surface area contributed by atoms with E-state index in [0.29, 0.717) is 17.2 Å². The molecule has 0 aliphatic carbocycles. The third-order valence-corrected chi connectivity index (χ3v) is 4.14. The molecule has 0 spiro atoms. The Balaban J connectivity index is 2.17. The van der Waals surface area contributed by atoms with Crippen molar-refractivity contribution < 1.29 is 26.4 Å². The summed E-state index contributed by atoms with van der Waals surface area (Å²) in [6.07, 6.45) is -5.19. The van der Waals surface area contributed by atoms with Crippen molar-refractivity contribution in [3.05, 3.63) is 64.3 Å². The molecule has 2 aromatic carbocycles. The molecule has 0 saturated carbocycles. The molecule has 0 saturated heterocycles. The van der Waals surface area contributed by atoms with Crippen molar-refractivity contribution in [2.75, 3.05) is 0 Å². The lowest BCUT2D eigenvalue weighted by atomic mass is 9.91. The largest absolute Gasteiger partial charge is 0.437 e. The Bertz CT molecular complexity index is 936. The monoisotopic (exact) mass is 375 g/mol. The number of rotatable bonds is 3. The number of fused-ring (bicyclic) bond motifs is 1. The molecule has 132 valence electrons. The van der Waals surface area contributed by atoms with Crippen molar-refractivity contribution >= 4 is 22.7 Å². The smallest absolute Gasteiger partial charge is 0.419 e. The van der Waals surface area contributed by atoms with E-state index in [1.165, 1.54) is 25.1 Å². The molecule has 1 unspecified atom stereocenters. The maximum atomic E-state index is 15.5. The zero-order valence-corrected chi connectivity index (χ0v) is 13.6. The molecule has 8 heteroatoms. The van der Waals surface area contributed by atoms with E-state index in [9.17, 15) is 17.6 Å². The highest BCUT2D eigenvalue weighted by Gasteiger charge is 2.41. The van der Waals surface area contributed by atoms with Crippen molar-refractivity contribution in [2.45, 2.75) is 25.2 Å². The number of aromatic nitrogens is 1. The van der Waals surface area contributed by atoms with E-state index >= 15 is 4.39 Å². The quantitative estimate of drug-likeness (QED) is 0.505. The van der Waals surface area contributed by atoms with Crippen LogP contribution in [0.15, 0.2) is 40.8 Å². The zero-order valence-electron chi connectivity index (χ0n) is 12.8. The predicted molar refractivity (Wildman–Crippen MR) is 82.6 cm³/mol. The van der Waals surface area contributed by atoms with E-state index in [1.807, 2.05) is 0 Å². The summed E-state index contributed by atoms with van der Waals surface area (Å²) in [5.41, 5.74) is -3.86. The van der Waals surface area contributed by atoms with Gasteiger partial charge >= 0.3 is 6.18 Å². The Hall–Kier alpha value is -2.15. The lowest BCUT2D eigenvalue weighted by Crippen LogP contribution is -2.22. The van der Waals surface area contributed by atoms with Gasteiger partial charge in [0, 0.05) is 5.02 Å². The Morgan fingerprint density at radius 2 is 1.80 bits per heavy atom. The molecule has 1 heterocycles. The standard InChI is InChI=1S/C17H11ClF5NO/c1-2-16(20,9-3-5-12(19)11(7-9)17(21,22)23)15-24-13-8-10(18)4-6-14(13)25-15/h3-8H,2H2,1H3. The summed E-state index contributed by atoms with van der Waals surface area (Å²) in [6.45, 7) is 1.43. The van der Waals surface area contributed by atoms with Gasteiger partial charge in [-0.05, 0) is 42.3 Å². The van der Waals surface area contributed by atoms with Crippen molar-refractivity contribution in [3.8, 4) is 0 Å². The SMILES string of the molecule is CCC(F)(c1ccc(F)c(C(F)(F)F)c1)c1nc2cc(Cl)ccc2o1. The minimum Gasteiger partial charge on any atom is -0.437 e. The van der Waals surface area contributed by atoms with Crippen LogP contribution in [-0.4, -0.2) is 4.98 Å². The van der Waals surface area contributed by atoms with E-state index in [2.05, 4.69) is 4.98 Å². The Morgan fingerprint density at radius 1 is 1.08 bits per heavy atom. The fraction of sp³-hybridized carbons (Fsp3) is 0.235. The molecule has 0 amide bonds. The normalized spacial score (nSPS) is 14.7. The summed E-state index contributed by atoms with van der Waals surface area (Å²) in [5, 5.41) is 0.356. The van der Waals surface area contributed by atoms with Gasteiger partial charge in [-0.15, -0.1) is 0 Å². The van der Waals surface area contributed by atoms with Crippen LogP contribution in [-0.2, 0) is 11.8 Å². The second kappa shape index (κ2) is 5.98. The first kappa shape index (κ1) is 17.7. The van der Waals surface area contributed by atoms with Crippen LogP contribution in [0.4, 0.5) is 22.0 Å². The topological polar surface area (TPSA) is 26.0 Å². The van der Waals surface area contributed by atoms with Gasteiger partial charge < -0.3 is 4.42 Å². The van der Waals surface area contributed by atoms with Crippen molar-refractivity contribution in [2.24, 2.45) is 0 Å². The minimum atomic E-state index is -4.94. The molecule has 0 aliphatic rings. The molecule has 0 bridgehead atoms. The average Bonchev–Trinajstić information content (AvgIpc) is 2.97. The molecule has 0 aliphatic heterocycles. The number of hydrogen-bond donors (Lipinski definition) is 0. The molecule has 1 atom stereocenters. The highest BCUT2D eigenvalue weighted by molar-refractivity contribution is 6.31. The lowest BCUT2D eigenvalue weighted by molar-refractivity contribution is -0.140. The minimum absolute atomic E-state index is 0.244. The summed E-state index contributed by atoms with van der Waals surface area (Å²) in [5.74, 6) is -1.88. The first-order valence-corrected chi connectivity index (χ1v) is 7.65. The lowest BCUT2D eigenvalue weighted by Gasteiger charge is -2.22. The van der Waals surface area contributed by atoms with Gasteiger partial charge in [0.2, 0.25) is 11.6 Å². The van der Waals surface area contributed by atoms with Crippen molar-refractivity contribution in [1.29, 1.82) is 0 Å². The molecule has 0 N–H and O–H groups in total. The van der Waals surface area contributed by atoms with Gasteiger partial charge in [0.25, 0.3) is 0 Å². The number of benzene rings is 2. The molecule has 25 heavy (non-hydrogen) atoms. The van der Waals surface area contributed by atoms with Gasteiger partial charge in [-0.25, -0.2) is 13.8 Å². The number of nitrogens with zero attached hydrogens (tertiary/aromatic N) is 1. The van der Waals surface area contributed by atoms with Crippen LogP contribution in [0.25, 0.3) is 11.1 Å². The summed E-state index contributed by atoms with van der Waals surface area (Å²) >= 11 is 5.84. The summed E-state index contributed by atoms with van der Waals surface area (Å²) in [6, 6.07) is 6.43. The molecular formula is C17H11ClF5NO. The van der Waals surface area contributed by atoms with Crippen molar-refractivity contribution in [1.82, 2.24) is 4.98 Å². The first-order chi connectivity index (χ1) is 11.6. The van der Waals surface area contributed by atoms with E-state index in [1.54, 1.807) is 0 Å². The highest BCUT2D eigenvalue weighted by atomic mass is 35.5. The van der Waals surface area contributed by atoms with Crippen molar-refractivity contribution in [3.63, 3.8) is 0 Å². The van der Waals surface area contributed by atoms with Gasteiger partial charge in [-0.2, -0.15) is 13.2 Å². The van der Waals surface area contributed by atoms with Crippen LogP contribution in [0.5, 0.6) is 0 Å².